The van der Waals surface area contributed by atoms with Crippen molar-refractivity contribution in [3.05, 3.63) is 70.8 Å². The highest BCUT2D eigenvalue weighted by Gasteiger charge is 2.02. The van der Waals surface area contributed by atoms with Gasteiger partial charge in [0, 0.05) is 16.8 Å². The average molecular weight is 331 g/mol. The largest absolute Gasteiger partial charge is 0.332 e. The molecule has 0 spiro atoms. The molecular formula is C17H15ClN2OS. The lowest BCUT2D eigenvalue weighted by Gasteiger charge is -2.08. The van der Waals surface area contributed by atoms with Crippen molar-refractivity contribution in [1.82, 2.24) is 5.32 Å². The van der Waals surface area contributed by atoms with E-state index in [4.69, 9.17) is 23.8 Å². The fourth-order valence-corrected chi connectivity index (χ4v) is 2.15. The predicted molar refractivity (Wildman–Crippen MR) is 96.0 cm³/mol. The van der Waals surface area contributed by atoms with Gasteiger partial charge in [0.05, 0.1) is 0 Å². The first kappa shape index (κ1) is 16.2. The van der Waals surface area contributed by atoms with Crippen molar-refractivity contribution in [2.75, 3.05) is 5.32 Å². The smallest absolute Gasteiger partial charge is 0.250 e. The number of thiocarbonyl (C=S) groups is 1. The molecule has 0 saturated carbocycles. The van der Waals surface area contributed by atoms with Gasteiger partial charge in [0.1, 0.15) is 0 Å². The van der Waals surface area contributed by atoms with Crippen LogP contribution in [0.2, 0.25) is 5.02 Å². The fraction of sp³-hybridized carbons (Fsp3) is 0.0588. The van der Waals surface area contributed by atoms with Crippen LogP contribution in [0.4, 0.5) is 5.69 Å². The van der Waals surface area contributed by atoms with Crippen molar-refractivity contribution in [3.63, 3.8) is 0 Å². The number of rotatable bonds is 3. The van der Waals surface area contributed by atoms with Crippen molar-refractivity contribution in [3.8, 4) is 0 Å². The van der Waals surface area contributed by atoms with Gasteiger partial charge in [0.15, 0.2) is 5.11 Å². The Bertz CT molecular complexity index is 711. The van der Waals surface area contributed by atoms with Crippen LogP contribution in [-0.2, 0) is 4.79 Å². The molecule has 2 rings (SSSR count). The van der Waals surface area contributed by atoms with Crippen LogP contribution in [0.15, 0.2) is 54.6 Å². The maximum atomic E-state index is 11.8. The van der Waals surface area contributed by atoms with E-state index < -0.39 is 0 Å². The molecule has 0 fully saturated rings. The quantitative estimate of drug-likeness (QED) is 0.655. The number of benzene rings is 2. The summed E-state index contributed by atoms with van der Waals surface area (Å²) < 4.78 is 0. The average Bonchev–Trinajstić information content (AvgIpc) is 2.49. The molecule has 0 radical (unpaired) electrons. The summed E-state index contributed by atoms with van der Waals surface area (Å²) in [5.41, 5.74) is 2.76. The molecule has 5 heteroatoms. The highest BCUT2D eigenvalue weighted by Crippen LogP contribution is 2.16. The van der Waals surface area contributed by atoms with Gasteiger partial charge in [-0.2, -0.15) is 0 Å². The predicted octanol–water partition coefficient (Wildman–Crippen LogP) is 4.17. The van der Waals surface area contributed by atoms with E-state index in [0.29, 0.717) is 5.02 Å². The second-order valence-electron chi connectivity index (χ2n) is 4.66. The van der Waals surface area contributed by atoms with E-state index in [0.717, 1.165) is 16.8 Å². The van der Waals surface area contributed by atoms with Gasteiger partial charge < -0.3 is 5.32 Å². The number of anilines is 1. The zero-order chi connectivity index (χ0) is 15.9. The molecule has 1 amide bonds. The first-order valence-corrected chi connectivity index (χ1v) is 7.44. The van der Waals surface area contributed by atoms with Gasteiger partial charge in [-0.05, 0) is 49.0 Å². The Kier molecular flexibility index (Phi) is 5.69. The zero-order valence-corrected chi connectivity index (χ0v) is 13.5. The van der Waals surface area contributed by atoms with Gasteiger partial charge in [-0.3, -0.25) is 10.1 Å². The third kappa shape index (κ3) is 4.98. The Balaban J connectivity index is 1.90. The summed E-state index contributed by atoms with van der Waals surface area (Å²) in [6.07, 6.45) is 3.04. The molecule has 0 aromatic heterocycles. The molecule has 0 aliphatic heterocycles. The SMILES string of the molecule is Cc1ccc(NC(=S)NC(=O)C=Cc2ccccc2Cl)cc1. The maximum Gasteiger partial charge on any atom is 0.250 e. The molecule has 2 N–H and O–H groups in total. The molecule has 0 unspecified atom stereocenters. The molecule has 112 valence electrons. The lowest BCUT2D eigenvalue weighted by Crippen LogP contribution is -2.32. The Labute approximate surface area is 140 Å². The van der Waals surface area contributed by atoms with Crippen LogP contribution >= 0.6 is 23.8 Å². The maximum absolute atomic E-state index is 11.8. The minimum Gasteiger partial charge on any atom is -0.332 e. The van der Waals surface area contributed by atoms with E-state index in [2.05, 4.69) is 10.6 Å². The lowest BCUT2D eigenvalue weighted by molar-refractivity contribution is -0.115. The third-order valence-corrected chi connectivity index (χ3v) is 3.41. The normalized spacial score (nSPS) is 10.5. The van der Waals surface area contributed by atoms with E-state index in [-0.39, 0.29) is 11.0 Å². The molecule has 3 nitrogen and oxygen atoms in total. The number of hydrogen-bond acceptors (Lipinski definition) is 2. The first-order chi connectivity index (χ1) is 10.5. The van der Waals surface area contributed by atoms with Gasteiger partial charge in [-0.1, -0.05) is 47.5 Å². The van der Waals surface area contributed by atoms with Crippen LogP contribution in [0.1, 0.15) is 11.1 Å². The van der Waals surface area contributed by atoms with Gasteiger partial charge >= 0.3 is 0 Å². The molecule has 2 aromatic carbocycles. The number of nitrogens with one attached hydrogen (secondary N) is 2. The summed E-state index contributed by atoms with van der Waals surface area (Å²) in [7, 11) is 0. The summed E-state index contributed by atoms with van der Waals surface area (Å²) >= 11 is 11.1. The number of carbonyl (C=O) groups is 1. The molecule has 0 saturated heterocycles. The Morgan fingerprint density at radius 3 is 2.50 bits per heavy atom. The third-order valence-electron chi connectivity index (χ3n) is 2.87. The van der Waals surface area contributed by atoms with Gasteiger partial charge in [0.2, 0.25) is 5.91 Å². The molecule has 0 aliphatic rings. The van der Waals surface area contributed by atoms with E-state index in [1.807, 2.05) is 49.4 Å². The van der Waals surface area contributed by atoms with Crippen molar-refractivity contribution in [1.29, 1.82) is 0 Å². The number of hydrogen-bond donors (Lipinski definition) is 2. The minimum absolute atomic E-state index is 0.248. The second kappa shape index (κ2) is 7.73. The van der Waals surface area contributed by atoms with Gasteiger partial charge in [0.25, 0.3) is 0 Å². The zero-order valence-electron chi connectivity index (χ0n) is 12.0. The Morgan fingerprint density at radius 1 is 1.14 bits per heavy atom. The molecule has 0 aliphatic carbocycles. The molecule has 0 bridgehead atoms. The highest BCUT2D eigenvalue weighted by atomic mass is 35.5. The summed E-state index contributed by atoms with van der Waals surface area (Å²) in [5, 5.41) is 6.37. The molecule has 0 heterocycles. The van der Waals surface area contributed by atoms with Crippen LogP contribution in [-0.4, -0.2) is 11.0 Å². The van der Waals surface area contributed by atoms with Crippen LogP contribution in [0.5, 0.6) is 0 Å². The molecular weight excluding hydrogens is 316 g/mol. The Hall–Kier alpha value is -2.17. The summed E-state index contributed by atoms with van der Waals surface area (Å²) in [6, 6.07) is 15.0. The highest BCUT2D eigenvalue weighted by molar-refractivity contribution is 7.80. The van der Waals surface area contributed by atoms with E-state index in [1.165, 1.54) is 6.08 Å². The van der Waals surface area contributed by atoms with Crippen LogP contribution in [0, 0.1) is 6.92 Å². The number of aryl methyl sites for hydroxylation is 1. The van der Waals surface area contributed by atoms with Crippen LogP contribution < -0.4 is 10.6 Å². The van der Waals surface area contributed by atoms with Gasteiger partial charge in [-0.25, -0.2) is 0 Å². The van der Waals surface area contributed by atoms with E-state index >= 15 is 0 Å². The number of halogens is 1. The van der Waals surface area contributed by atoms with Gasteiger partial charge in [-0.15, -0.1) is 0 Å². The van der Waals surface area contributed by atoms with E-state index in [1.54, 1.807) is 12.1 Å². The minimum atomic E-state index is -0.315. The number of carbonyl (C=O) groups excluding carboxylic acids is 1. The summed E-state index contributed by atoms with van der Waals surface area (Å²) in [4.78, 5) is 11.8. The van der Waals surface area contributed by atoms with Crippen LogP contribution in [0.25, 0.3) is 6.08 Å². The van der Waals surface area contributed by atoms with Crippen molar-refractivity contribution in [2.45, 2.75) is 6.92 Å². The monoisotopic (exact) mass is 330 g/mol. The lowest BCUT2D eigenvalue weighted by atomic mass is 10.2. The Morgan fingerprint density at radius 2 is 1.82 bits per heavy atom. The summed E-state index contributed by atoms with van der Waals surface area (Å²) in [6.45, 7) is 2.00. The first-order valence-electron chi connectivity index (χ1n) is 6.66. The molecule has 0 atom stereocenters. The van der Waals surface area contributed by atoms with E-state index in [9.17, 15) is 4.79 Å². The topological polar surface area (TPSA) is 41.1 Å². The van der Waals surface area contributed by atoms with Crippen LogP contribution in [0.3, 0.4) is 0 Å². The number of amides is 1. The summed E-state index contributed by atoms with van der Waals surface area (Å²) in [5.74, 6) is -0.315. The second-order valence-corrected chi connectivity index (χ2v) is 5.48. The standard InChI is InChI=1S/C17H15ClN2OS/c1-12-6-9-14(10-7-12)19-17(22)20-16(21)11-8-13-4-2-3-5-15(13)18/h2-11H,1H3,(H2,19,20,21,22). The molecule has 2 aromatic rings. The van der Waals surface area contributed by atoms with Crippen molar-refractivity contribution >= 4 is 46.6 Å². The fourth-order valence-electron chi connectivity index (χ4n) is 1.73. The van der Waals surface area contributed by atoms with Crippen molar-refractivity contribution < 1.29 is 4.79 Å². The van der Waals surface area contributed by atoms with Crippen molar-refractivity contribution in [2.24, 2.45) is 0 Å². The molecule has 22 heavy (non-hydrogen) atoms.